The van der Waals surface area contributed by atoms with E-state index in [0.717, 1.165) is 23.4 Å². The molecule has 1 atom stereocenters. The Bertz CT molecular complexity index is 560. The molecule has 0 fully saturated rings. The Hall–Kier alpha value is -1.07. The van der Waals surface area contributed by atoms with Gasteiger partial charge in [0.15, 0.2) is 0 Å². The van der Waals surface area contributed by atoms with Crippen molar-refractivity contribution < 1.29 is 0 Å². The summed E-state index contributed by atoms with van der Waals surface area (Å²) in [6, 6.07) is 5.56. The van der Waals surface area contributed by atoms with Crippen LogP contribution in [0.3, 0.4) is 0 Å². The molecule has 4 nitrogen and oxygen atoms in total. The number of nitrogens with zero attached hydrogens (tertiary/aromatic N) is 2. The van der Waals surface area contributed by atoms with E-state index in [-0.39, 0.29) is 6.04 Å². The van der Waals surface area contributed by atoms with Crippen molar-refractivity contribution in [3.63, 3.8) is 0 Å². The number of hydrogen-bond donors (Lipinski definition) is 2. The van der Waals surface area contributed by atoms with Gasteiger partial charge in [0, 0.05) is 11.6 Å². The number of rotatable bonds is 4. The molecule has 1 aromatic heterocycles. The lowest BCUT2D eigenvalue weighted by Gasteiger charge is -2.19. The van der Waals surface area contributed by atoms with Crippen LogP contribution >= 0.6 is 23.2 Å². The zero-order valence-electron chi connectivity index (χ0n) is 10.8. The first kappa shape index (κ1) is 14.3. The van der Waals surface area contributed by atoms with Crippen LogP contribution in [0.2, 0.25) is 10.0 Å². The molecule has 102 valence electrons. The molecule has 0 radical (unpaired) electrons. The van der Waals surface area contributed by atoms with Gasteiger partial charge in [0.05, 0.1) is 23.0 Å². The first-order valence-electron chi connectivity index (χ1n) is 6.01. The van der Waals surface area contributed by atoms with Crippen LogP contribution in [-0.4, -0.2) is 9.78 Å². The Morgan fingerprint density at radius 3 is 2.68 bits per heavy atom. The minimum atomic E-state index is -0.243. The van der Waals surface area contributed by atoms with Gasteiger partial charge in [0.25, 0.3) is 0 Å². The fourth-order valence-electron chi connectivity index (χ4n) is 2.18. The van der Waals surface area contributed by atoms with E-state index in [0.29, 0.717) is 10.0 Å². The third-order valence-corrected chi connectivity index (χ3v) is 3.48. The summed E-state index contributed by atoms with van der Waals surface area (Å²) in [6.45, 7) is 4.71. The maximum Gasteiger partial charge on any atom is 0.0894 e. The minimum Gasteiger partial charge on any atom is -0.271 e. The predicted octanol–water partition coefficient (Wildman–Crippen LogP) is 3.07. The van der Waals surface area contributed by atoms with E-state index in [4.69, 9.17) is 29.0 Å². The summed E-state index contributed by atoms with van der Waals surface area (Å²) in [4.78, 5) is 0. The highest BCUT2D eigenvalue weighted by molar-refractivity contribution is 6.31. The second-order valence-electron chi connectivity index (χ2n) is 4.36. The molecule has 1 heterocycles. The van der Waals surface area contributed by atoms with Gasteiger partial charge >= 0.3 is 0 Å². The molecule has 3 N–H and O–H groups in total. The third kappa shape index (κ3) is 2.92. The number of hydrogen-bond acceptors (Lipinski definition) is 3. The molecule has 0 bridgehead atoms. The van der Waals surface area contributed by atoms with Crippen LogP contribution in [0.25, 0.3) is 0 Å². The molecule has 0 aliphatic carbocycles. The molecule has 0 spiro atoms. The molecular formula is C13H16Cl2N4. The fourth-order valence-corrected chi connectivity index (χ4v) is 2.72. The van der Waals surface area contributed by atoms with E-state index in [2.05, 4.69) is 10.5 Å². The van der Waals surface area contributed by atoms with E-state index >= 15 is 0 Å². The lowest BCUT2D eigenvalue weighted by molar-refractivity contribution is 0.543. The average molecular weight is 299 g/mol. The number of hydrazine groups is 1. The van der Waals surface area contributed by atoms with Crippen LogP contribution in [0.15, 0.2) is 24.4 Å². The van der Waals surface area contributed by atoms with Crippen LogP contribution in [0.4, 0.5) is 0 Å². The lowest BCUT2D eigenvalue weighted by Crippen LogP contribution is -2.31. The Kier molecular flexibility index (Phi) is 4.47. The monoisotopic (exact) mass is 298 g/mol. The summed E-state index contributed by atoms with van der Waals surface area (Å²) < 4.78 is 1.82. The fraction of sp³-hybridized carbons (Fsp3) is 0.308. The maximum absolute atomic E-state index is 6.21. The zero-order valence-corrected chi connectivity index (χ0v) is 12.3. The first-order chi connectivity index (χ1) is 9.06. The number of halogens is 2. The van der Waals surface area contributed by atoms with Crippen LogP contribution in [0.5, 0.6) is 0 Å². The normalized spacial score (nSPS) is 12.7. The van der Waals surface area contributed by atoms with Gasteiger partial charge in [0.1, 0.15) is 0 Å². The summed E-state index contributed by atoms with van der Waals surface area (Å²) in [6.07, 6.45) is 1.63. The molecule has 0 aliphatic rings. The quantitative estimate of drug-likeness (QED) is 0.674. The SMILES string of the molecule is CCn1ncc(Cl)c1C(NN)c1cc(C)cc(Cl)c1. The standard InChI is InChI=1S/C13H16Cl2N4/c1-3-19-13(11(15)7-17-19)12(18-16)9-4-8(2)5-10(14)6-9/h4-7,12,18H,3,16H2,1-2H3. The van der Waals surface area contributed by atoms with Gasteiger partial charge in [-0.15, -0.1) is 0 Å². The predicted molar refractivity (Wildman–Crippen MR) is 78.3 cm³/mol. The number of aryl methyl sites for hydroxylation is 2. The molecule has 6 heteroatoms. The van der Waals surface area contributed by atoms with Crippen LogP contribution in [0.1, 0.15) is 29.8 Å². The summed E-state index contributed by atoms with van der Waals surface area (Å²) in [5.41, 5.74) is 5.66. The summed E-state index contributed by atoms with van der Waals surface area (Å²) in [5, 5.41) is 5.49. The topological polar surface area (TPSA) is 55.9 Å². The van der Waals surface area contributed by atoms with E-state index < -0.39 is 0 Å². The molecule has 0 saturated carbocycles. The van der Waals surface area contributed by atoms with Gasteiger partial charge in [-0.25, -0.2) is 5.43 Å². The van der Waals surface area contributed by atoms with Crippen molar-refractivity contribution in [2.24, 2.45) is 5.84 Å². The molecule has 1 unspecified atom stereocenters. The van der Waals surface area contributed by atoms with Gasteiger partial charge in [-0.05, 0) is 37.1 Å². The molecule has 0 saturated heterocycles. The number of nitrogens with two attached hydrogens (primary N) is 1. The smallest absolute Gasteiger partial charge is 0.0894 e. The van der Waals surface area contributed by atoms with Crippen LogP contribution in [0, 0.1) is 6.92 Å². The van der Waals surface area contributed by atoms with E-state index in [1.807, 2.05) is 36.7 Å². The Labute approximate surface area is 122 Å². The lowest BCUT2D eigenvalue weighted by atomic mass is 10.0. The largest absolute Gasteiger partial charge is 0.271 e. The Morgan fingerprint density at radius 1 is 1.37 bits per heavy atom. The van der Waals surface area contributed by atoms with Gasteiger partial charge in [-0.2, -0.15) is 5.10 Å². The number of aromatic nitrogens is 2. The minimum absolute atomic E-state index is 0.243. The van der Waals surface area contributed by atoms with Crippen molar-refractivity contribution in [3.8, 4) is 0 Å². The summed E-state index contributed by atoms with van der Waals surface area (Å²) in [5.74, 6) is 5.70. The average Bonchev–Trinajstić information content (AvgIpc) is 2.71. The van der Waals surface area contributed by atoms with Crippen molar-refractivity contribution in [2.75, 3.05) is 0 Å². The van der Waals surface area contributed by atoms with Gasteiger partial charge < -0.3 is 0 Å². The number of nitrogens with one attached hydrogen (secondary N) is 1. The highest BCUT2D eigenvalue weighted by Gasteiger charge is 2.21. The summed E-state index contributed by atoms with van der Waals surface area (Å²) in [7, 11) is 0. The van der Waals surface area contributed by atoms with Gasteiger partial charge in [0.2, 0.25) is 0 Å². The van der Waals surface area contributed by atoms with E-state index in [9.17, 15) is 0 Å². The van der Waals surface area contributed by atoms with E-state index in [1.54, 1.807) is 6.20 Å². The zero-order chi connectivity index (χ0) is 14.0. The molecule has 1 aromatic carbocycles. The second kappa shape index (κ2) is 5.92. The molecule has 2 aromatic rings. The summed E-state index contributed by atoms with van der Waals surface area (Å²) >= 11 is 12.3. The van der Waals surface area contributed by atoms with Crippen molar-refractivity contribution in [2.45, 2.75) is 26.4 Å². The van der Waals surface area contributed by atoms with Gasteiger partial charge in [-0.3, -0.25) is 10.5 Å². The maximum atomic E-state index is 6.21. The van der Waals surface area contributed by atoms with Crippen LogP contribution in [-0.2, 0) is 6.54 Å². The van der Waals surface area contributed by atoms with Crippen molar-refractivity contribution >= 4 is 23.2 Å². The highest BCUT2D eigenvalue weighted by atomic mass is 35.5. The van der Waals surface area contributed by atoms with E-state index in [1.165, 1.54) is 0 Å². The first-order valence-corrected chi connectivity index (χ1v) is 6.76. The molecule has 2 rings (SSSR count). The molecule has 0 amide bonds. The second-order valence-corrected chi connectivity index (χ2v) is 5.20. The highest BCUT2D eigenvalue weighted by Crippen LogP contribution is 2.29. The number of benzene rings is 1. The third-order valence-electron chi connectivity index (χ3n) is 2.97. The molecule has 0 aliphatic heterocycles. The molecule has 19 heavy (non-hydrogen) atoms. The molecular weight excluding hydrogens is 283 g/mol. The Morgan fingerprint density at radius 2 is 2.11 bits per heavy atom. The van der Waals surface area contributed by atoms with Crippen LogP contribution < -0.4 is 11.3 Å². The van der Waals surface area contributed by atoms with Crippen molar-refractivity contribution in [3.05, 3.63) is 51.3 Å². The Balaban J connectivity index is 2.52. The van der Waals surface area contributed by atoms with Crippen molar-refractivity contribution in [1.82, 2.24) is 15.2 Å². The van der Waals surface area contributed by atoms with Crippen molar-refractivity contribution in [1.29, 1.82) is 0 Å². The van der Waals surface area contributed by atoms with Gasteiger partial charge in [-0.1, -0.05) is 29.3 Å².